The SMILES string of the molecule is Cn1ccnc(N2CCC(CSc3ccccc3F)CC2)c1=O. The van der Waals surface area contributed by atoms with Gasteiger partial charge in [-0.2, -0.15) is 0 Å². The van der Waals surface area contributed by atoms with Crippen LogP contribution >= 0.6 is 11.8 Å². The van der Waals surface area contributed by atoms with Crippen molar-refractivity contribution in [2.24, 2.45) is 13.0 Å². The highest BCUT2D eigenvalue weighted by atomic mass is 32.2. The van der Waals surface area contributed by atoms with Crippen LogP contribution in [0.15, 0.2) is 46.3 Å². The summed E-state index contributed by atoms with van der Waals surface area (Å²) in [6.45, 7) is 1.66. The number of thioether (sulfide) groups is 1. The molecule has 0 saturated carbocycles. The number of piperidine rings is 1. The Morgan fingerprint density at radius 3 is 2.78 bits per heavy atom. The van der Waals surface area contributed by atoms with Gasteiger partial charge in [0.25, 0.3) is 5.56 Å². The van der Waals surface area contributed by atoms with Crippen LogP contribution in [0.2, 0.25) is 0 Å². The van der Waals surface area contributed by atoms with E-state index in [4.69, 9.17) is 0 Å². The first-order valence-electron chi connectivity index (χ1n) is 7.79. The topological polar surface area (TPSA) is 38.1 Å². The molecule has 0 spiro atoms. The average Bonchev–Trinajstić information content (AvgIpc) is 2.57. The van der Waals surface area contributed by atoms with Gasteiger partial charge in [-0.3, -0.25) is 4.79 Å². The van der Waals surface area contributed by atoms with Crippen molar-refractivity contribution >= 4 is 17.6 Å². The highest BCUT2D eigenvalue weighted by Crippen LogP contribution is 2.28. The summed E-state index contributed by atoms with van der Waals surface area (Å²) in [4.78, 5) is 19.1. The van der Waals surface area contributed by atoms with Gasteiger partial charge in [-0.05, 0) is 30.9 Å². The number of aromatic nitrogens is 2. The highest BCUT2D eigenvalue weighted by molar-refractivity contribution is 7.99. The lowest BCUT2D eigenvalue weighted by molar-refractivity contribution is 0.441. The van der Waals surface area contributed by atoms with E-state index < -0.39 is 0 Å². The first-order chi connectivity index (χ1) is 11.1. The van der Waals surface area contributed by atoms with Crippen molar-refractivity contribution in [1.82, 2.24) is 9.55 Å². The van der Waals surface area contributed by atoms with E-state index >= 15 is 0 Å². The van der Waals surface area contributed by atoms with Crippen LogP contribution in [0.3, 0.4) is 0 Å². The van der Waals surface area contributed by atoms with Crippen LogP contribution in [-0.2, 0) is 7.05 Å². The molecule has 122 valence electrons. The molecule has 0 unspecified atom stereocenters. The molecule has 3 rings (SSSR count). The first-order valence-corrected chi connectivity index (χ1v) is 8.77. The Morgan fingerprint density at radius 2 is 2.04 bits per heavy atom. The third-order valence-electron chi connectivity index (χ3n) is 4.22. The van der Waals surface area contributed by atoms with Gasteiger partial charge in [0.15, 0.2) is 5.82 Å². The molecule has 1 fully saturated rings. The summed E-state index contributed by atoms with van der Waals surface area (Å²) in [5.74, 6) is 1.85. The summed E-state index contributed by atoms with van der Waals surface area (Å²) in [6, 6.07) is 6.91. The molecule has 0 amide bonds. The number of halogens is 1. The minimum absolute atomic E-state index is 0.0494. The van der Waals surface area contributed by atoms with Gasteiger partial charge in [0.1, 0.15) is 5.82 Å². The number of hydrogen-bond donors (Lipinski definition) is 0. The number of hydrogen-bond acceptors (Lipinski definition) is 4. The number of benzene rings is 1. The zero-order chi connectivity index (χ0) is 16.2. The smallest absolute Gasteiger partial charge is 0.293 e. The van der Waals surface area contributed by atoms with E-state index in [-0.39, 0.29) is 11.4 Å². The van der Waals surface area contributed by atoms with Crippen LogP contribution in [0.25, 0.3) is 0 Å². The molecule has 0 aliphatic carbocycles. The van der Waals surface area contributed by atoms with Gasteiger partial charge in [-0.15, -0.1) is 11.8 Å². The van der Waals surface area contributed by atoms with Gasteiger partial charge >= 0.3 is 0 Å². The summed E-state index contributed by atoms with van der Waals surface area (Å²) >= 11 is 1.58. The summed E-state index contributed by atoms with van der Waals surface area (Å²) < 4.78 is 15.2. The standard InChI is InChI=1S/C17H20FN3OS/c1-20-11-8-19-16(17(20)22)21-9-6-13(7-10-21)12-23-15-5-3-2-4-14(15)18/h2-5,8,11,13H,6-7,9-10,12H2,1H3. The van der Waals surface area contributed by atoms with E-state index in [1.807, 2.05) is 12.1 Å². The molecule has 0 atom stereocenters. The van der Waals surface area contributed by atoms with E-state index in [1.165, 1.54) is 6.07 Å². The van der Waals surface area contributed by atoms with Crippen LogP contribution in [0.4, 0.5) is 10.2 Å². The number of nitrogens with zero attached hydrogens (tertiary/aromatic N) is 3. The Bertz CT molecular complexity index is 726. The third kappa shape index (κ3) is 3.75. The zero-order valence-corrected chi connectivity index (χ0v) is 13.9. The van der Waals surface area contributed by atoms with E-state index in [0.29, 0.717) is 16.6 Å². The second-order valence-electron chi connectivity index (χ2n) is 5.84. The summed E-state index contributed by atoms with van der Waals surface area (Å²) in [7, 11) is 1.74. The molecule has 23 heavy (non-hydrogen) atoms. The van der Waals surface area contributed by atoms with Gasteiger partial charge in [0, 0.05) is 43.2 Å². The molecule has 4 nitrogen and oxygen atoms in total. The summed E-state index contributed by atoms with van der Waals surface area (Å²) in [5, 5.41) is 0. The Hall–Kier alpha value is -1.82. The lowest BCUT2D eigenvalue weighted by atomic mass is 9.99. The molecule has 1 aliphatic rings. The third-order valence-corrected chi connectivity index (χ3v) is 5.50. The highest BCUT2D eigenvalue weighted by Gasteiger charge is 2.22. The lowest BCUT2D eigenvalue weighted by Crippen LogP contribution is -2.39. The van der Waals surface area contributed by atoms with Crippen LogP contribution in [0, 0.1) is 11.7 Å². The average molecular weight is 333 g/mol. The predicted molar refractivity (Wildman–Crippen MR) is 91.5 cm³/mol. The summed E-state index contributed by atoms with van der Waals surface area (Å²) in [6.07, 6.45) is 5.34. The zero-order valence-electron chi connectivity index (χ0n) is 13.1. The fourth-order valence-corrected chi connectivity index (χ4v) is 3.91. The van der Waals surface area contributed by atoms with Gasteiger partial charge in [0.05, 0.1) is 0 Å². The minimum Gasteiger partial charge on any atom is -0.352 e. The monoisotopic (exact) mass is 333 g/mol. The van der Waals surface area contributed by atoms with Crippen molar-refractivity contribution in [3.63, 3.8) is 0 Å². The van der Waals surface area contributed by atoms with Crippen LogP contribution in [-0.4, -0.2) is 28.4 Å². The van der Waals surface area contributed by atoms with Crippen molar-refractivity contribution in [2.75, 3.05) is 23.7 Å². The molecule has 0 radical (unpaired) electrons. The van der Waals surface area contributed by atoms with E-state index in [2.05, 4.69) is 9.88 Å². The maximum atomic E-state index is 13.6. The molecule has 0 N–H and O–H groups in total. The van der Waals surface area contributed by atoms with Gasteiger partial charge in [0.2, 0.25) is 0 Å². The van der Waals surface area contributed by atoms with E-state index in [0.717, 1.165) is 31.7 Å². The molecule has 2 heterocycles. The van der Waals surface area contributed by atoms with Crippen molar-refractivity contribution < 1.29 is 4.39 Å². The summed E-state index contributed by atoms with van der Waals surface area (Å²) in [5.41, 5.74) is -0.0494. The first kappa shape index (κ1) is 16.1. The quantitative estimate of drug-likeness (QED) is 0.807. The molecule has 1 saturated heterocycles. The molecule has 1 aliphatic heterocycles. The van der Waals surface area contributed by atoms with Gasteiger partial charge in [-0.25, -0.2) is 9.37 Å². The molecular formula is C17H20FN3OS. The van der Waals surface area contributed by atoms with Crippen LogP contribution in [0.1, 0.15) is 12.8 Å². The molecule has 6 heteroatoms. The minimum atomic E-state index is -0.146. The normalized spacial score (nSPS) is 15.8. The van der Waals surface area contributed by atoms with Gasteiger partial charge in [-0.1, -0.05) is 12.1 Å². The van der Waals surface area contributed by atoms with Crippen LogP contribution < -0.4 is 10.5 Å². The fraction of sp³-hybridized carbons (Fsp3) is 0.412. The van der Waals surface area contributed by atoms with Gasteiger partial charge < -0.3 is 9.47 Å². The fourth-order valence-electron chi connectivity index (χ4n) is 2.78. The van der Waals surface area contributed by atoms with Crippen molar-refractivity contribution in [3.8, 4) is 0 Å². The molecule has 1 aromatic carbocycles. The molecule has 2 aromatic rings. The molecule has 0 bridgehead atoms. The second-order valence-corrected chi connectivity index (χ2v) is 6.90. The van der Waals surface area contributed by atoms with Crippen molar-refractivity contribution in [2.45, 2.75) is 17.7 Å². The maximum Gasteiger partial charge on any atom is 0.293 e. The Kier molecular flexibility index (Phi) is 5.00. The van der Waals surface area contributed by atoms with Crippen molar-refractivity contribution in [1.29, 1.82) is 0 Å². The Labute approximate surface area is 139 Å². The van der Waals surface area contributed by atoms with Crippen LogP contribution in [0.5, 0.6) is 0 Å². The van der Waals surface area contributed by atoms with E-state index in [1.54, 1.807) is 41.8 Å². The largest absolute Gasteiger partial charge is 0.352 e. The maximum absolute atomic E-state index is 13.6. The molecular weight excluding hydrogens is 313 g/mol. The predicted octanol–water partition coefficient (Wildman–Crippen LogP) is 2.93. The second kappa shape index (κ2) is 7.17. The Balaban J connectivity index is 1.55. The lowest BCUT2D eigenvalue weighted by Gasteiger charge is -2.32. The number of anilines is 1. The Morgan fingerprint density at radius 1 is 1.30 bits per heavy atom. The van der Waals surface area contributed by atoms with E-state index in [9.17, 15) is 9.18 Å². The van der Waals surface area contributed by atoms with Crippen molar-refractivity contribution in [3.05, 3.63) is 52.8 Å². The number of aryl methyl sites for hydroxylation is 1. The number of rotatable bonds is 4. The molecule has 1 aromatic heterocycles.